The van der Waals surface area contributed by atoms with Crippen LogP contribution in [0.25, 0.3) is 11.3 Å². The monoisotopic (exact) mass is 572 g/mol. The molecule has 1 saturated carbocycles. The van der Waals surface area contributed by atoms with Crippen LogP contribution in [-0.2, 0) is 21.1 Å². The van der Waals surface area contributed by atoms with Gasteiger partial charge >= 0.3 is 0 Å². The smallest absolute Gasteiger partial charge is 0.232 e. The van der Waals surface area contributed by atoms with Crippen LogP contribution in [0.4, 0.5) is 32.1 Å². The van der Waals surface area contributed by atoms with Crippen molar-refractivity contribution in [3.63, 3.8) is 0 Å². The molecule has 1 fully saturated rings. The van der Waals surface area contributed by atoms with Crippen molar-refractivity contribution >= 4 is 33.1 Å². The van der Waals surface area contributed by atoms with Crippen molar-refractivity contribution in [1.82, 2.24) is 29.9 Å². The molecule has 212 valence electrons. The highest BCUT2D eigenvalue weighted by Crippen LogP contribution is 2.48. The van der Waals surface area contributed by atoms with E-state index in [2.05, 4.69) is 20.6 Å². The number of methoxy groups -OCH3 is 1. The minimum atomic E-state index is -3.97. The van der Waals surface area contributed by atoms with Gasteiger partial charge < -0.3 is 15.0 Å². The number of benzene rings is 1. The summed E-state index contributed by atoms with van der Waals surface area (Å²) in [5.41, 5.74) is 3.76. The summed E-state index contributed by atoms with van der Waals surface area (Å²) in [5.74, 6) is -0.702. The minimum Gasteiger partial charge on any atom is -0.383 e. The third-order valence-electron chi connectivity index (χ3n) is 6.80. The van der Waals surface area contributed by atoms with E-state index in [4.69, 9.17) is 14.7 Å². The van der Waals surface area contributed by atoms with Gasteiger partial charge in [-0.3, -0.25) is 9.78 Å². The summed E-state index contributed by atoms with van der Waals surface area (Å²) < 4.78 is 60.8. The first-order chi connectivity index (χ1) is 19.0. The van der Waals surface area contributed by atoms with Crippen LogP contribution >= 0.6 is 0 Å². The second-order valence-corrected chi connectivity index (χ2v) is 11.9. The van der Waals surface area contributed by atoms with Crippen LogP contribution in [0.1, 0.15) is 35.7 Å². The maximum absolute atomic E-state index is 15.2. The van der Waals surface area contributed by atoms with Crippen LogP contribution in [0.15, 0.2) is 29.3 Å². The molecule has 1 aliphatic rings. The summed E-state index contributed by atoms with van der Waals surface area (Å²) in [6, 6.07) is 3.34. The number of rotatable bonds is 10. The molecule has 0 saturated heterocycles. The van der Waals surface area contributed by atoms with E-state index in [0.717, 1.165) is 47.7 Å². The van der Waals surface area contributed by atoms with Crippen molar-refractivity contribution in [3.05, 3.63) is 53.0 Å². The highest BCUT2D eigenvalue weighted by molar-refractivity contribution is 7.90. The van der Waals surface area contributed by atoms with E-state index in [1.54, 1.807) is 13.3 Å². The van der Waals surface area contributed by atoms with E-state index < -0.39 is 26.4 Å². The number of ether oxygens (including phenoxy) is 1. The number of H-pyrrole nitrogens is 1. The zero-order chi connectivity index (χ0) is 28.8. The molecule has 0 spiro atoms. The van der Waals surface area contributed by atoms with E-state index in [-0.39, 0.29) is 17.6 Å². The third kappa shape index (κ3) is 5.41. The number of hydrogen-bond donors (Lipinski definition) is 2. The van der Waals surface area contributed by atoms with Gasteiger partial charge in [0.25, 0.3) is 0 Å². The molecule has 3 heterocycles. The lowest BCUT2D eigenvalue weighted by Gasteiger charge is -2.22. The quantitative estimate of drug-likeness (QED) is 0.284. The topological polar surface area (TPSA) is 131 Å². The number of halogens is 2. The van der Waals surface area contributed by atoms with Gasteiger partial charge in [0, 0.05) is 55.1 Å². The average molecular weight is 573 g/mol. The first kappa shape index (κ1) is 27.6. The molecule has 1 aliphatic carbocycles. The van der Waals surface area contributed by atoms with Crippen LogP contribution in [-0.4, -0.2) is 65.4 Å². The Morgan fingerprint density at radius 2 is 1.93 bits per heavy atom. The number of nitrogens with one attached hydrogen (secondary N) is 2. The lowest BCUT2D eigenvalue weighted by molar-refractivity contribution is 0.183. The Hall–Kier alpha value is -3.91. The second-order valence-electron chi connectivity index (χ2n) is 9.89. The molecule has 0 unspecified atom stereocenters. The first-order valence-corrected chi connectivity index (χ1v) is 14.5. The highest BCUT2D eigenvalue weighted by atomic mass is 32.2. The molecule has 3 aromatic heterocycles. The van der Waals surface area contributed by atoms with Gasteiger partial charge in [-0.05, 0) is 38.7 Å². The van der Waals surface area contributed by atoms with E-state index in [1.165, 1.54) is 11.9 Å². The maximum Gasteiger partial charge on any atom is 0.232 e. The SMILES string of the molecule is COCCn1ncc(-c2nc(N(C)c3cc(F)c(S(C)(=O)=O)cc3F)nc(Nc3cc(C)[nH]n3)c2C2CC2)c1C. The number of nitrogens with zero attached hydrogens (tertiary/aromatic N) is 6. The standard InChI is InChI=1S/C26H30F2N8O3S/c1-14-10-22(34-33-14)30-25-23(16-6-7-16)24(17-13-29-36(15(17)2)8-9-39-4)31-26(32-25)35(3)20-11-19(28)21(12-18(20)27)40(5,37)38/h10-13,16H,6-9H2,1-5H3,(H2,30,31,32,33,34). The van der Waals surface area contributed by atoms with Gasteiger partial charge in [0.15, 0.2) is 15.7 Å². The van der Waals surface area contributed by atoms with E-state index in [9.17, 15) is 12.8 Å². The molecule has 0 bridgehead atoms. The Balaban J connectivity index is 1.68. The molecule has 5 rings (SSSR count). The Bertz CT molecular complexity index is 1680. The minimum absolute atomic E-state index is 0.0728. The number of hydrogen-bond acceptors (Lipinski definition) is 9. The normalized spacial score (nSPS) is 13.6. The fraction of sp³-hybridized carbons (Fsp3) is 0.385. The Labute approximate surface area is 230 Å². The van der Waals surface area contributed by atoms with Crippen LogP contribution in [0, 0.1) is 25.5 Å². The summed E-state index contributed by atoms with van der Waals surface area (Å²) >= 11 is 0. The van der Waals surface area contributed by atoms with Gasteiger partial charge in [0.1, 0.15) is 22.3 Å². The maximum atomic E-state index is 15.2. The molecule has 0 atom stereocenters. The lowest BCUT2D eigenvalue weighted by atomic mass is 10.0. The summed E-state index contributed by atoms with van der Waals surface area (Å²) in [5, 5.41) is 15.0. The van der Waals surface area contributed by atoms with Gasteiger partial charge in [-0.15, -0.1) is 0 Å². The fourth-order valence-corrected chi connectivity index (χ4v) is 5.25. The van der Waals surface area contributed by atoms with E-state index in [1.807, 2.05) is 24.6 Å². The Morgan fingerprint density at radius 1 is 1.18 bits per heavy atom. The van der Waals surface area contributed by atoms with Crippen LogP contribution in [0.3, 0.4) is 0 Å². The lowest BCUT2D eigenvalue weighted by Crippen LogP contribution is -2.18. The molecule has 4 aromatic rings. The number of aryl methyl sites for hydroxylation is 1. The van der Waals surface area contributed by atoms with Crippen LogP contribution in [0.2, 0.25) is 0 Å². The molecule has 11 nitrogen and oxygen atoms in total. The van der Waals surface area contributed by atoms with Crippen molar-refractivity contribution in [1.29, 1.82) is 0 Å². The Morgan fingerprint density at radius 3 is 2.55 bits per heavy atom. The molecular weight excluding hydrogens is 542 g/mol. The van der Waals surface area contributed by atoms with Crippen molar-refractivity contribution in [2.24, 2.45) is 0 Å². The van der Waals surface area contributed by atoms with Crippen molar-refractivity contribution in [3.8, 4) is 11.3 Å². The number of anilines is 4. The van der Waals surface area contributed by atoms with Gasteiger partial charge in [-0.2, -0.15) is 15.2 Å². The molecule has 1 aromatic carbocycles. The van der Waals surface area contributed by atoms with Crippen molar-refractivity contribution < 1.29 is 21.9 Å². The van der Waals surface area contributed by atoms with Crippen LogP contribution < -0.4 is 10.2 Å². The van der Waals surface area contributed by atoms with Crippen LogP contribution in [0.5, 0.6) is 0 Å². The number of aromatic amines is 1. The molecule has 2 N–H and O–H groups in total. The summed E-state index contributed by atoms with van der Waals surface area (Å²) in [4.78, 5) is 10.1. The Kier molecular flexibility index (Phi) is 7.31. The predicted molar refractivity (Wildman–Crippen MR) is 146 cm³/mol. The van der Waals surface area contributed by atoms with E-state index in [0.29, 0.717) is 36.5 Å². The fourth-order valence-electron chi connectivity index (χ4n) is 4.52. The second kappa shape index (κ2) is 10.6. The molecule has 0 aliphatic heterocycles. The third-order valence-corrected chi connectivity index (χ3v) is 7.91. The van der Waals surface area contributed by atoms with Gasteiger partial charge in [0.05, 0.1) is 30.7 Å². The van der Waals surface area contributed by atoms with Gasteiger partial charge in [-0.1, -0.05) is 0 Å². The first-order valence-electron chi connectivity index (χ1n) is 12.6. The summed E-state index contributed by atoms with van der Waals surface area (Å²) in [6.07, 6.45) is 4.45. The molecule has 0 radical (unpaired) electrons. The van der Waals surface area contributed by atoms with Gasteiger partial charge in [-0.25, -0.2) is 22.2 Å². The molecular formula is C26H30F2N8O3S. The van der Waals surface area contributed by atoms with E-state index >= 15 is 4.39 Å². The summed E-state index contributed by atoms with van der Waals surface area (Å²) in [7, 11) is -0.853. The highest BCUT2D eigenvalue weighted by Gasteiger charge is 2.34. The molecule has 14 heteroatoms. The zero-order valence-corrected chi connectivity index (χ0v) is 23.6. The zero-order valence-electron chi connectivity index (χ0n) is 22.8. The average Bonchev–Trinajstić information content (AvgIpc) is 3.55. The number of aromatic nitrogens is 6. The summed E-state index contributed by atoms with van der Waals surface area (Å²) in [6.45, 7) is 4.84. The number of sulfone groups is 1. The van der Waals surface area contributed by atoms with Crippen molar-refractivity contribution in [2.75, 3.05) is 37.2 Å². The molecule has 40 heavy (non-hydrogen) atoms. The molecule has 0 amide bonds. The van der Waals surface area contributed by atoms with Crippen molar-refractivity contribution in [2.45, 2.75) is 44.0 Å². The largest absolute Gasteiger partial charge is 0.383 e. The predicted octanol–water partition coefficient (Wildman–Crippen LogP) is 4.40. The van der Waals surface area contributed by atoms with Gasteiger partial charge in [0.2, 0.25) is 5.95 Å².